The van der Waals surface area contributed by atoms with Gasteiger partial charge in [-0.3, -0.25) is 4.79 Å². The Morgan fingerprint density at radius 2 is 2.28 bits per heavy atom. The molecule has 0 fully saturated rings. The maximum absolute atomic E-state index is 11.1. The standard InChI is InChI=1S/C12H12O5S/c1-6(11(13)14)3-7-4-9-10(5-8(7)16-2)18-12(15)17-9/h4-6H,3H2,1-2H3,(H,13,14). The van der Waals surface area contributed by atoms with E-state index in [1.807, 2.05) is 0 Å². The first-order valence-corrected chi connectivity index (χ1v) is 6.16. The molecule has 0 amide bonds. The molecule has 0 radical (unpaired) electrons. The van der Waals surface area contributed by atoms with Crippen LogP contribution in [0, 0.1) is 5.92 Å². The van der Waals surface area contributed by atoms with E-state index in [0.29, 0.717) is 22.5 Å². The van der Waals surface area contributed by atoms with Gasteiger partial charge in [-0.2, -0.15) is 0 Å². The van der Waals surface area contributed by atoms with E-state index < -0.39 is 11.9 Å². The first-order chi connectivity index (χ1) is 8.51. The molecule has 0 saturated heterocycles. The fourth-order valence-corrected chi connectivity index (χ4v) is 2.39. The summed E-state index contributed by atoms with van der Waals surface area (Å²) in [7, 11) is 1.51. The predicted molar refractivity (Wildman–Crippen MR) is 67.4 cm³/mol. The first-order valence-electron chi connectivity index (χ1n) is 5.34. The Balaban J connectivity index is 2.47. The van der Waals surface area contributed by atoms with E-state index in [1.165, 1.54) is 7.11 Å². The maximum Gasteiger partial charge on any atom is 0.396 e. The Labute approximate surface area is 107 Å². The molecule has 0 spiro atoms. The quantitative estimate of drug-likeness (QED) is 0.919. The van der Waals surface area contributed by atoms with E-state index in [9.17, 15) is 9.59 Å². The largest absolute Gasteiger partial charge is 0.496 e. The molecule has 2 rings (SSSR count). The van der Waals surface area contributed by atoms with Crippen molar-refractivity contribution in [3.63, 3.8) is 0 Å². The van der Waals surface area contributed by atoms with Crippen molar-refractivity contribution in [3.05, 3.63) is 27.4 Å². The number of benzene rings is 1. The third-order valence-electron chi connectivity index (χ3n) is 2.68. The number of carbonyl (C=O) groups is 1. The molecular weight excluding hydrogens is 256 g/mol. The SMILES string of the molecule is COc1cc2sc(=O)oc2cc1CC(C)C(=O)O. The monoisotopic (exact) mass is 268 g/mol. The lowest BCUT2D eigenvalue weighted by molar-refractivity contribution is -0.141. The lowest BCUT2D eigenvalue weighted by atomic mass is 10.0. The Kier molecular flexibility index (Phi) is 3.38. The Bertz CT molecular complexity index is 639. The first kappa shape index (κ1) is 12.6. The van der Waals surface area contributed by atoms with Crippen molar-refractivity contribution in [2.24, 2.45) is 5.92 Å². The van der Waals surface area contributed by atoms with Crippen LogP contribution in [0.4, 0.5) is 0 Å². The van der Waals surface area contributed by atoms with Gasteiger partial charge in [-0.25, -0.2) is 4.79 Å². The lowest BCUT2D eigenvalue weighted by Crippen LogP contribution is -2.12. The molecule has 0 bridgehead atoms. The van der Waals surface area contributed by atoms with Gasteiger partial charge in [0.05, 0.1) is 17.7 Å². The number of ether oxygens (including phenoxy) is 1. The topological polar surface area (TPSA) is 76.7 Å². The van der Waals surface area contributed by atoms with Gasteiger partial charge < -0.3 is 14.3 Å². The van der Waals surface area contributed by atoms with Crippen LogP contribution >= 0.6 is 11.3 Å². The zero-order valence-corrected chi connectivity index (χ0v) is 10.7. The molecule has 2 aromatic rings. The van der Waals surface area contributed by atoms with Crippen LogP contribution < -0.4 is 9.68 Å². The second-order valence-corrected chi connectivity index (χ2v) is 4.99. The molecule has 1 aromatic carbocycles. The summed E-state index contributed by atoms with van der Waals surface area (Å²) in [6, 6.07) is 3.38. The van der Waals surface area contributed by atoms with Crippen LogP contribution in [-0.2, 0) is 11.2 Å². The second-order valence-electron chi connectivity index (χ2n) is 4.01. The van der Waals surface area contributed by atoms with E-state index in [1.54, 1.807) is 19.1 Å². The number of fused-ring (bicyclic) bond motifs is 1. The zero-order valence-electron chi connectivity index (χ0n) is 9.93. The minimum Gasteiger partial charge on any atom is -0.496 e. The summed E-state index contributed by atoms with van der Waals surface area (Å²) in [5.41, 5.74) is 1.19. The molecule has 5 nitrogen and oxygen atoms in total. The van der Waals surface area contributed by atoms with E-state index in [4.69, 9.17) is 14.3 Å². The molecule has 96 valence electrons. The molecule has 1 aromatic heterocycles. The van der Waals surface area contributed by atoms with Gasteiger partial charge in [0, 0.05) is 6.07 Å². The zero-order chi connectivity index (χ0) is 13.3. The number of carboxylic acids is 1. The summed E-state index contributed by atoms with van der Waals surface area (Å²) in [6.07, 6.45) is 0.327. The molecule has 1 atom stereocenters. The third kappa shape index (κ3) is 2.38. The van der Waals surface area contributed by atoms with Crippen molar-refractivity contribution in [1.29, 1.82) is 0 Å². The molecule has 0 aliphatic heterocycles. The van der Waals surface area contributed by atoms with Crippen molar-refractivity contribution >= 4 is 27.6 Å². The number of methoxy groups -OCH3 is 1. The van der Waals surface area contributed by atoms with E-state index in [-0.39, 0.29) is 4.94 Å². The van der Waals surface area contributed by atoms with Gasteiger partial charge in [-0.15, -0.1) is 0 Å². The molecule has 6 heteroatoms. The molecule has 1 heterocycles. The molecule has 0 saturated carbocycles. The van der Waals surface area contributed by atoms with Crippen molar-refractivity contribution in [2.45, 2.75) is 13.3 Å². The molecular formula is C12H12O5S. The van der Waals surface area contributed by atoms with Crippen molar-refractivity contribution in [2.75, 3.05) is 7.11 Å². The summed E-state index contributed by atoms with van der Waals surface area (Å²) in [6.45, 7) is 1.62. The highest BCUT2D eigenvalue weighted by Gasteiger charge is 2.16. The maximum atomic E-state index is 11.1. The summed E-state index contributed by atoms with van der Waals surface area (Å²) in [4.78, 5) is 21.6. The average Bonchev–Trinajstić information content (AvgIpc) is 2.66. The van der Waals surface area contributed by atoms with Crippen molar-refractivity contribution in [1.82, 2.24) is 0 Å². The summed E-state index contributed by atoms with van der Waals surface area (Å²) in [5, 5.41) is 8.91. The van der Waals surface area contributed by atoms with Crippen LogP contribution in [0.15, 0.2) is 21.3 Å². The van der Waals surface area contributed by atoms with E-state index in [2.05, 4.69) is 0 Å². The van der Waals surface area contributed by atoms with Crippen LogP contribution in [0.25, 0.3) is 10.3 Å². The van der Waals surface area contributed by atoms with Crippen molar-refractivity contribution < 1.29 is 19.1 Å². The molecule has 18 heavy (non-hydrogen) atoms. The Hall–Kier alpha value is -1.82. The van der Waals surface area contributed by atoms with Gasteiger partial charge in [0.15, 0.2) is 0 Å². The number of hydrogen-bond donors (Lipinski definition) is 1. The highest BCUT2D eigenvalue weighted by Crippen LogP contribution is 2.29. The molecule has 1 unspecified atom stereocenters. The Morgan fingerprint density at radius 1 is 1.56 bits per heavy atom. The van der Waals surface area contributed by atoms with Gasteiger partial charge in [0.25, 0.3) is 0 Å². The normalized spacial score (nSPS) is 12.6. The highest BCUT2D eigenvalue weighted by molar-refractivity contribution is 7.16. The van der Waals surface area contributed by atoms with E-state index >= 15 is 0 Å². The molecule has 0 aliphatic rings. The minimum atomic E-state index is -0.871. The third-order valence-corrected chi connectivity index (χ3v) is 3.47. The fourth-order valence-electron chi connectivity index (χ4n) is 1.71. The number of carboxylic acid groups (broad SMARTS) is 1. The van der Waals surface area contributed by atoms with Crippen LogP contribution in [0.5, 0.6) is 5.75 Å². The highest BCUT2D eigenvalue weighted by atomic mass is 32.1. The van der Waals surface area contributed by atoms with Crippen LogP contribution in [0.1, 0.15) is 12.5 Å². The smallest absolute Gasteiger partial charge is 0.396 e. The van der Waals surface area contributed by atoms with Crippen LogP contribution in [0.2, 0.25) is 0 Å². The predicted octanol–water partition coefficient (Wildman–Crippen LogP) is 2.13. The van der Waals surface area contributed by atoms with Gasteiger partial charge in [0.1, 0.15) is 11.3 Å². The summed E-state index contributed by atoms with van der Waals surface area (Å²) in [5.74, 6) is -0.821. The second kappa shape index (κ2) is 4.81. The Morgan fingerprint density at radius 3 is 2.89 bits per heavy atom. The fraction of sp³-hybridized carbons (Fsp3) is 0.333. The van der Waals surface area contributed by atoms with Gasteiger partial charge in [0.2, 0.25) is 0 Å². The van der Waals surface area contributed by atoms with Gasteiger partial charge in [-0.1, -0.05) is 18.3 Å². The van der Waals surface area contributed by atoms with Crippen molar-refractivity contribution in [3.8, 4) is 5.75 Å². The average molecular weight is 268 g/mol. The lowest BCUT2D eigenvalue weighted by Gasteiger charge is -2.10. The summed E-state index contributed by atoms with van der Waals surface area (Å²) < 4.78 is 10.9. The molecule has 0 aliphatic carbocycles. The minimum absolute atomic E-state index is 0.327. The van der Waals surface area contributed by atoms with Crippen LogP contribution in [-0.4, -0.2) is 18.2 Å². The number of rotatable bonds is 4. The number of aliphatic carboxylic acids is 1. The molecule has 1 N–H and O–H groups in total. The van der Waals surface area contributed by atoms with Crippen LogP contribution in [0.3, 0.4) is 0 Å². The van der Waals surface area contributed by atoms with Gasteiger partial charge in [-0.05, 0) is 18.1 Å². The van der Waals surface area contributed by atoms with Gasteiger partial charge >= 0.3 is 10.9 Å². The summed E-state index contributed by atoms with van der Waals surface area (Å²) >= 11 is 0.997. The number of hydrogen-bond acceptors (Lipinski definition) is 5. The van der Waals surface area contributed by atoms with E-state index in [0.717, 1.165) is 16.9 Å².